The molecule has 0 saturated heterocycles. The highest BCUT2D eigenvalue weighted by molar-refractivity contribution is 5.85. The Morgan fingerprint density at radius 3 is 2.62 bits per heavy atom. The van der Waals surface area contributed by atoms with Gasteiger partial charge in [-0.2, -0.15) is 0 Å². The molecule has 72 valence electrons. The normalized spacial score (nSPS) is 9.00. The van der Waals surface area contributed by atoms with Crippen molar-refractivity contribution in [2.75, 3.05) is 5.73 Å². The fourth-order valence-corrected chi connectivity index (χ4v) is 1.14. The highest BCUT2D eigenvalue weighted by Gasteiger charge is 1.95. The molecule has 3 nitrogen and oxygen atoms in total. The number of halogens is 2. The first-order chi connectivity index (χ1) is 5.25. The maximum absolute atomic E-state index is 5.58. The maximum Gasteiger partial charge on any atom is 0.137 e. The lowest BCUT2D eigenvalue weighted by Crippen LogP contribution is -1.88. The molecule has 0 aliphatic heterocycles. The third-order valence-corrected chi connectivity index (χ3v) is 1.59. The van der Waals surface area contributed by atoms with E-state index in [0.29, 0.717) is 0 Å². The van der Waals surface area contributed by atoms with Crippen LogP contribution in [0.5, 0.6) is 0 Å². The van der Waals surface area contributed by atoms with E-state index in [1.54, 1.807) is 0 Å². The summed E-state index contributed by atoms with van der Waals surface area (Å²) in [6.07, 6.45) is 3.81. The predicted molar refractivity (Wildman–Crippen MR) is 58.8 cm³/mol. The van der Waals surface area contributed by atoms with Crippen molar-refractivity contribution in [1.82, 2.24) is 9.38 Å². The van der Waals surface area contributed by atoms with E-state index in [4.69, 9.17) is 5.73 Å². The molecule has 5 heteroatoms. The van der Waals surface area contributed by atoms with Gasteiger partial charge in [0.05, 0.1) is 5.69 Å². The zero-order chi connectivity index (χ0) is 7.84. The Labute approximate surface area is 88.8 Å². The Kier molecular flexibility index (Phi) is 4.04. The van der Waals surface area contributed by atoms with Crippen molar-refractivity contribution in [3.8, 4) is 0 Å². The van der Waals surface area contributed by atoms with E-state index in [-0.39, 0.29) is 24.8 Å². The number of anilines is 1. The van der Waals surface area contributed by atoms with Gasteiger partial charge in [-0.25, -0.2) is 4.98 Å². The number of fused-ring (bicyclic) bond motifs is 1. The summed E-state index contributed by atoms with van der Waals surface area (Å²) < 4.78 is 1.92. The van der Waals surface area contributed by atoms with Gasteiger partial charge in [0.2, 0.25) is 0 Å². The molecule has 2 rings (SSSR count). The third-order valence-electron chi connectivity index (χ3n) is 1.59. The second-order valence-corrected chi connectivity index (χ2v) is 2.61. The number of hydrogen-bond acceptors (Lipinski definition) is 2. The Morgan fingerprint density at radius 1 is 1.23 bits per heavy atom. The smallest absolute Gasteiger partial charge is 0.137 e. The molecule has 0 spiro atoms. The number of aryl methyl sites for hydroxylation is 1. The number of imidazole rings is 1. The van der Waals surface area contributed by atoms with Crippen LogP contribution >= 0.6 is 24.8 Å². The van der Waals surface area contributed by atoms with E-state index < -0.39 is 0 Å². The topological polar surface area (TPSA) is 43.3 Å². The number of pyridine rings is 1. The van der Waals surface area contributed by atoms with Gasteiger partial charge < -0.3 is 10.1 Å². The van der Waals surface area contributed by atoms with Crippen LogP contribution in [0.1, 0.15) is 5.69 Å². The van der Waals surface area contributed by atoms with E-state index in [1.165, 1.54) is 0 Å². The van der Waals surface area contributed by atoms with Crippen molar-refractivity contribution in [3.63, 3.8) is 0 Å². The van der Waals surface area contributed by atoms with Crippen molar-refractivity contribution in [3.05, 3.63) is 30.2 Å². The Balaban J connectivity index is 0.000000720. The predicted octanol–water partition coefficient (Wildman–Crippen LogP) is 2.07. The van der Waals surface area contributed by atoms with Gasteiger partial charge in [0.25, 0.3) is 0 Å². The monoisotopic (exact) mass is 219 g/mol. The first kappa shape index (κ1) is 12.1. The van der Waals surface area contributed by atoms with Crippen molar-refractivity contribution >= 4 is 36.1 Å². The second kappa shape index (κ2) is 4.35. The van der Waals surface area contributed by atoms with Gasteiger partial charge in [0.15, 0.2) is 0 Å². The average molecular weight is 220 g/mol. The largest absolute Gasteiger partial charge is 0.398 e. The van der Waals surface area contributed by atoms with Crippen LogP contribution in [0.3, 0.4) is 0 Å². The molecule has 0 aliphatic rings. The van der Waals surface area contributed by atoms with Crippen molar-refractivity contribution in [2.45, 2.75) is 6.92 Å². The Bertz CT molecular complexity index is 397. The minimum absolute atomic E-state index is 0. The van der Waals surface area contributed by atoms with Gasteiger partial charge in [0.1, 0.15) is 5.65 Å². The molecule has 0 fully saturated rings. The number of nitrogens with zero attached hydrogens (tertiary/aromatic N) is 2. The van der Waals surface area contributed by atoms with Gasteiger partial charge in [0, 0.05) is 18.1 Å². The molecule has 0 saturated carbocycles. The van der Waals surface area contributed by atoms with Crippen LogP contribution in [0, 0.1) is 6.92 Å². The molecule has 0 amide bonds. The highest BCUT2D eigenvalue weighted by Crippen LogP contribution is 2.07. The van der Waals surface area contributed by atoms with Crippen LogP contribution in [-0.4, -0.2) is 9.38 Å². The number of aromatic nitrogens is 2. The first-order valence-corrected chi connectivity index (χ1v) is 3.46. The van der Waals surface area contributed by atoms with E-state index in [1.807, 2.05) is 35.9 Å². The van der Waals surface area contributed by atoms with Gasteiger partial charge in [-0.15, -0.1) is 24.8 Å². The SMILES string of the molecule is Cc1cn2cc(N)ccc2n1.Cl.Cl. The van der Waals surface area contributed by atoms with Gasteiger partial charge in [-0.3, -0.25) is 0 Å². The molecule has 2 heterocycles. The molecule has 2 aromatic heterocycles. The molecule has 0 aromatic carbocycles. The summed E-state index contributed by atoms with van der Waals surface area (Å²) >= 11 is 0. The molecule has 13 heavy (non-hydrogen) atoms. The van der Waals surface area contributed by atoms with E-state index in [2.05, 4.69) is 4.98 Å². The van der Waals surface area contributed by atoms with Gasteiger partial charge >= 0.3 is 0 Å². The van der Waals surface area contributed by atoms with Crippen molar-refractivity contribution in [1.29, 1.82) is 0 Å². The molecule has 0 aliphatic carbocycles. The molecular weight excluding hydrogens is 209 g/mol. The summed E-state index contributed by atoms with van der Waals surface area (Å²) in [6.45, 7) is 1.96. The van der Waals surface area contributed by atoms with E-state index >= 15 is 0 Å². The van der Waals surface area contributed by atoms with Gasteiger partial charge in [-0.05, 0) is 19.1 Å². The molecule has 2 N–H and O–H groups in total. The average Bonchev–Trinajstić information content (AvgIpc) is 2.27. The minimum atomic E-state index is 0. The molecular formula is C8H11Cl2N3. The summed E-state index contributed by atoms with van der Waals surface area (Å²) in [7, 11) is 0. The molecule has 0 atom stereocenters. The van der Waals surface area contributed by atoms with E-state index in [0.717, 1.165) is 17.0 Å². The maximum atomic E-state index is 5.58. The lowest BCUT2D eigenvalue weighted by Gasteiger charge is -1.93. The zero-order valence-corrected chi connectivity index (χ0v) is 8.73. The van der Waals surface area contributed by atoms with Crippen molar-refractivity contribution < 1.29 is 0 Å². The molecule has 0 bridgehead atoms. The quantitative estimate of drug-likeness (QED) is 0.738. The van der Waals surface area contributed by atoms with Crippen LogP contribution in [0.15, 0.2) is 24.5 Å². The minimum Gasteiger partial charge on any atom is -0.398 e. The summed E-state index contributed by atoms with van der Waals surface area (Å²) in [5, 5.41) is 0. The summed E-state index contributed by atoms with van der Waals surface area (Å²) in [4.78, 5) is 4.26. The highest BCUT2D eigenvalue weighted by atomic mass is 35.5. The molecule has 0 radical (unpaired) electrons. The summed E-state index contributed by atoms with van der Waals surface area (Å²) in [5.41, 5.74) is 8.29. The first-order valence-electron chi connectivity index (χ1n) is 3.46. The van der Waals surface area contributed by atoms with Crippen LogP contribution < -0.4 is 5.73 Å². The molecule has 2 aromatic rings. The summed E-state index contributed by atoms with van der Waals surface area (Å²) in [6, 6.07) is 3.75. The third kappa shape index (κ3) is 2.26. The zero-order valence-electron chi connectivity index (χ0n) is 7.10. The Hall–Kier alpha value is -0.930. The number of rotatable bonds is 0. The standard InChI is InChI=1S/C8H9N3.2ClH/c1-6-4-11-5-7(9)2-3-8(11)10-6;;/h2-5H,9H2,1H3;2*1H. The Morgan fingerprint density at radius 2 is 1.92 bits per heavy atom. The fourth-order valence-electron chi connectivity index (χ4n) is 1.14. The lowest BCUT2D eigenvalue weighted by atomic mass is 10.4. The lowest BCUT2D eigenvalue weighted by molar-refractivity contribution is 1.19. The van der Waals surface area contributed by atoms with Crippen LogP contribution in [0.25, 0.3) is 5.65 Å². The molecule has 0 unspecified atom stereocenters. The van der Waals surface area contributed by atoms with Gasteiger partial charge in [-0.1, -0.05) is 0 Å². The van der Waals surface area contributed by atoms with E-state index in [9.17, 15) is 0 Å². The number of nitrogen functional groups attached to an aromatic ring is 1. The van der Waals surface area contributed by atoms with Crippen LogP contribution in [0.4, 0.5) is 5.69 Å². The van der Waals surface area contributed by atoms with Crippen LogP contribution in [0.2, 0.25) is 0 Å². The number of nitrogens with two attached hydrogens (primary N) is 1. The van der Waals surface area contributed by atoms with Crippen LogP contribution in [-0.2, 0) is 0 Å². The second-order valence-electron chi connectivity index (χ2n) is 2.61. The fraction of sp³-hybridized carbons (Fsp3) is 0.125. The summed E-state index contributed by atoms with van der Waals surface area (Å²) in [5.74, 6) is 0. The number of hydrogen-bond donors (Lipinski definition) is 1. The van der Waals surface area contributed by atoms with Crippen molar-refractivity contribution in [2.24, 2.45) is 0 Å².